The van der Waals surface area contributed by atoms with Crippen LogP contribution in [0, 0.1) is 5.82 Å². The van der Waals surface area contributed by atoms with Crippen LogP contribution in [0.4, 0.5) is 10.1 Å². The Hall–Kier alpha value is -2.34. The van der Waals surface area contributed by atoms with Gasteiger partial charge in [0.2, 0.25) is 11.8 Å². The van der Waals surface area contributed by atoms with E-state index in [1.54, 1.807) is 12.1 Å². The minimum atomic E-state index is -0.290. The Kier molecular flexibility index (Phi) is 5.15. The van der Waals surface area contributed by atoms with Crippen LogP contribution in [0.3, 0.4) is 0 Å². The van der Waals surface area contributed by atoms with Crippen molar-refractivity contribution in [2.75, 3.05) is 11.1 Å². The van der Waals surface area contributed by atoms with E-state index in [0.29, 0.717) is 25.1 Å². The van der Waals surface area contributed by atoms with Crippen molar-refractivity contribution in [2.45, 2.75) is 24.3 Å². The summed E-state index contributed by atoms with van der Waals surface area (Å²) >= 11 is 1.51. The number of hydrogen-bond donors (Lipinski definition) is 2. The third kappa shape index (κ3) is 4.35. The van der Waals surface area contributed by atoms with E-state index in [-0.39, 0.29) is 17.6 Å². The molecule has 4 nitrogen and oxygen atoms in total. The summed E-state index contributed by atoms with van der Waals surface area (Å²) < 4.78 is 13.1. The number of nitrogens with one attached hydrogen (secondary N) is 2. The van der Waals surface area contributed by atoms with Gasteiger partial charge in [-0.2, -0.15) is 0 Å². The molecule has 0 aliphatic carbocycles. The summed E-state index contributed by atoms with van der Waals surface area (Å²) in [6.07, 6.45) is 0.807. The highest BCUT2D eigenvalue weighted by Crippen LogP contribution is 2.31. The predicted octanol–water partition coefficient (Wildman–Crippen LogP) is 3.12. The number of fused-ring (bicyclic) bond motifs is 1. The smallest absolute Gasteiger partial charge is 0.234 e. The highest BCUT2D eigenvalue weighted by molar-refractivity contribution is 8.00. The molecule has 3 rings (SSSR count). The molecule has 2 amide bonds. The van der Waals surface area contributed by atoms with Gasteiger partial charge in [0.25, 0.3) is 0 Å². The molecule has 2 aromatic carbocycles. The van der Waals surface area contributed by atoms with Crippen molar-refractivity contribution < 1.29 is 14.0 Å². The SMILES string of the molecule is O=C(CCc1cccc(F)c1)NCc1ccc2c(c1)NC(=O)CS2. The second-order valence-electron chi connectivity index (χ2n) is 5.57. The lowest BCUT2D eigenvalue weighted by Gasteiger charge is -2.17. The number of hydrogen-bond acceptors (Lipinski definition) is 3. The van der Waals surface area contributed by atoms with Gasteiger partial charge < -0.3 is 10.6 Å². The molecule has 0 saturated carbocycles. The molecule has 1 heterocycles. The molecule has 2 N–H and O–H groups in total. The highest BCUT2D eigenvalue weighted by Gasteiger charge is 2.15. The predicted molar refractivity (Wildman–Crippen MR) is 92.4 cm³/mol. The zero-order valence-electron chi connectivity index (χ0n) is 13.0. The van der Waals surface area contributed by atoms with Crippen LogP contribution in [-0.4, -0.2) is 17.6 Å². The standard InChI is InChI=1S/C18H17FN2O2S/c19-14-3-1-2-12(8-14)5-7-17(22)20-10-13-4-6-16-15(9-13)21-18(23)11-24-16/h1-4,6,8-9H,5,7,10-11H2,(H,20,22)(H,21,23). The van der Waals surface area contributed by atoms with Gasteiger partial charge in [-0.15, -0.1) is 11.8 Å². The molecule has 0 bridgehead atoms. The minimum absolute atomic E-state index is 0.0104. The van der Waals surface area contributed by atoms with Crippen molar-refractivity contribution in [3.63, 3.8) is 0 Å². The maximum absolute atomic E-state index is 13.1. The van der Waals surface area contributed by atoms with Crippen molar-refractivity contribution in [1.82, 2.24) is 5.32 Å². The van der Waals surface area contributed by atoms with Gasteiger partial charge in [0.1, 0.15) is 5.82 Å². The molecule has 1 aliphatic rings. The molecule has 1 aliphatic heterocycles. The van der Waals surface area contributed by atoms with Crippen molar-refractivity contribution in [3.05, 3.63) is 59.4 Å². The van der Waals surface area contributed by atoms with Gasteiger partial charge in [-0.25, -0.2) is 4.39 Å². The van der Waals surface area contributed by atoms with Crippen LogP contribution in [0.2, 0.25) is 0 Å². The monoisotopic (exact) mass is 344 g/mol. The van der Waals surface area contributed by atoms with Crippen LogP contribution in [0.25, 0.3) is 0 Å². The van der Waals surface area contributed by atoms with Crippen molar-refractivity contribution in [3.8, 4) is 0 Å². The number of anilines is 1. The second kappa shape index (κ2) is 7.49. The van der Waals surface area contributed by atoms with Crippen LogP contribution >= 0.6 is 11.8 Å². The maximum atomic E-state index is 13.1. The molecule has 0 saturated heterocycles. The third-order valence-corrected chi connectivity index (χ3v) is 4.77. The Balaban J connectivity index is 1.51. The molecule has 0 radical (unpaired) electrons. The number of amides is 2. The van der Waals surface area contributed by atoms with Gasteiger partial charge >= 0.3 is 0 Å². The number of carbonyl (C=O) groups is 2. The van der Waals surface area contributed by atoms with E-state index in [1.165, 1.54) is 23.9 Å². The molecule has 2 aromatic rings. The average molecular weight is 344 g/mol. The summed E-state index contributed by atoms with van der Waals surface area (Å²) in [7, 11) is 0. The Bertz CT molecular complexity index is 779. The Morgan fingerprint density at radius 1 is 1.21 bits per heavy atom. The first-order chi connectivity index (χ1) is 11.6. The number of benzene rings is 2. The van der Waals surface area contributed by atoms with Gasteiger partial charge in [-0.3, -0.25) is 9.59 Å². The van der Waals surface area contributed by atoms with E-state index in [0.717, 1.165) is 21.7 Å². The molecule has 6 heteroatoms. The number of aryl methyl sites for hydroxylation is 1. The first kappa shape index (κ1) is 16.5. The molecule has 24 heavy (non-hydrogen) atoms. The molecule has 0 atom stereocenters. The number of rotatable bonds is 5. The largest absolute Gasteiger partial charge is 0.352 e. The quantitative estimate of drug-likeness (QED) is 0.876. The summed E-state index contributed by atoms with van der Waals surface area (Å²) in [6, 6.07) is 12.0. The molecule has 0 fully saturated rings. The van der Waals surface area contributed by atoms with Crippen LogP contribution < -0.4 is 10.6 Å². The maximum Gasteiger partial charge on any atom is 0.234 e. The van der Waals surface area contributed by atoms with E-state index >= 15 is 0 Å². The Morgan fingerprint density at radius 3 is 2.92 bits per heavy atom. The van der Waals surface area contributed by atoms with Gasteiger partial charge in [0, 0.05) is 17.9 Å². The first-order valence-corrected chi connectivity index (χ1v) is 8.65. The molecular formula is C18H17FN2O2S. The Labute approximate surface area is 143 Å². The fraction of sp³-hybridized carbons (Fsp3) is 0.222. The minimum Gasteiger partial charge on any atom is -0.352 e. The highest BCUT2D eigenvalue weighted by atomic mass is 32.2. The average Bonchev–Trinajstić information content (AvgIpc) is 2.58. The molecule has 0 spiro atoms. The van der Waals surface area contributed by atoms with E-state index in [4.69, 9.17) is 0 Å². The van der Waals surface area contributed by atoms with Crippen molar-refractivity contribution >= 4 is 29.3 Å². The first-order valence-electron chi connectivity index (χ1n) is 7.67. The number of thioether (sulfide) groups is 1. The van der Waals surface area contributed by atoms with Gasteiger partial charge in [0.15, 0.2) is 0 Å². The lowest BCUT2D eigenvalue weighted by molar-refractivity contribution is -0.121. The molecule has 0 aromatic heterocycles. The van der Waals surface area contributed by atoms with Gasteiger partial charge in [-0.05, 0) is 41.8 Å². The summed E-state index contributed by atoms with van der Waals surface area (Å²) in [5.74, 6) is 0.0458. The van der Waals surface area contributed by atoms with Gasteiger partial charge in [0.05, 0.1) is 11.4 Å². The summed E-state index contributed by atoms with van der Waals surface area (Å²) in [5, 5.41) is 5.68. The summed E-state index contributed by atoms with van der Waals surface area (Å²) in [4.78, 5) is 24.4. The number of carbonyl (C=O) groups excluding carboxylic acids is 2. The van der Waals surface area contributed by atoms with E-state index in [2.05, 4.69) is 10.6 Å². The topological polar surface area (TPSA) is 58.2 Å². The lowest BCUT2D eigenvalue weighted by atomic mass is 10.1. The fourth-order valence-electron chi connectivity index (χ4n) is 2.48. The normalized spacial score (nSPS) is 13.1. The fourth-order valence-corrected chi connectivity index (χ4v) is 3.27. The van der Waals surface area contributed by atoms with Gasteiger partial charge in [-0.1, -0.05) is 18.2 Å². The third-order valence-electron chi connectivity index (χ3n) is 3.70. The van der Waals surface area contributed by atoms with Crippen LogP contribution in [0.5, 0.6) is 0 Å². The van der Waals surface area contributed by atoms with Crippen molar-refractivity contribution in [2.24, 2.45) is 0 Å². The van der Waals surface area contributed by atoms with Crippen LogP contribution in [0.1, 0.15) is 17.5 Å². The van der Waals surface area contributed by atoms with E-state index < -0.39 is 0 Å². The summed E-state index contributed by atoms with van der Waals surface area (Å²) in [6.45, 7) is 0.399. The van der Waals surface area contributed by atoms with Crippen LogP contribution in [0.15, 0.2) is 47.4 Å². The number of halogens is 1. The molecular weight excluding hydrogens is 327 g/mol. The van der Waals surface area contributed by atoms with E-state index in [9.17, 15) is 14.0 Å². The Morgan fingerprint density at radius 2 is 2.08 bits per heavy atom. The van der Waals surface area contributed by atoms with Crippen LogP contribution in [-0.2, 0) is 22.6 Å². The summed E-state index contributed by atoms with van der Waals surface area (Å²) in [5.41, 5.74) is 2.53. The zero-order chi connectivity index (χ0) is 16.9. The van der Waals surface area contributed by atoms with E-state index in [1.807, 2.05) is 18.2 Å². The second-order valence-corrected chi connectivity index (χ2v) is 6.59. The molecule has 0 unspecified atom stereocenters. The lowest BCUT2D eigenvalue weighted by Crippen LogP contribution is -2.23. The zero-order valence-corrected chi connectivity index (χ0v) is 13.8. The van der Waals surface area contributed by atoms with Crippen molar-refractivity contribution in [1.29, 1.82) is 0 Å². The molecule has 124 valence electrons.